The minimum Gasteiger partial charge on any atom is -0.391 e. The van der Waals surface area contributed by atoms with Crippen LogP contribution in [0.5, 0.6) is 0 Å². The summed E-state index contributed by atoms with van der Waals surface area (Å²) in [7, 11) is 0. The first-order valence-corrected chi connectivity index (χ1v) is 11.4. The van der Waals surface area contributed by atoms with Gasteiger partial charge in [0.2, 0.25) is 11.8 Å². The van der Waals surface area contributed by atoms with E-state index in [1.807, 2.05) is 74.5 Å². The SMILES string of the molecule is CC(C)[C@H](NC(=O)[C@H](C)C[C@H](O)[C@@H](N)COCc1ccccc1)C(=O)NCc1ccccc1. The first-order valence-electron chi connectivity index (χ1n) is 11.4. The number of amides is 2. The highest BCUT2D eigenvalue weighted by Crippen LogP contribution is 2.12. The Labute approximate surface area is 196 Å². The average Bonchev–Trinajstić information content (AvgIpc) is 2.81. The van der Waals surface area contributed by atoms with E-state index in [9.17, 15) is 14.7 Å². The minimum absolute atomic E-state index is 0.0875. The molecular weight excluding hydrogens is 418 g/mol. The standard InChI is InChI=1S/C26H37N3O4/c1-18(2)24(26(32)28-15-20-10-6-4-7-11-20)29-25(31)19(3)14-23(30)22(27)17-33-16-21-12-8-5-9-13-21/h4-13,18-19,22-24,30H,14-17,27H2,1-3H3,(H,28,32)(H,29,31)/t19-,22+,23+,24+/m1/s1. The number of rotatable bonds is 13. The second-order valence-corrected chi connectivity index (χ2v) is 8.80. The van der Waals surface area contributed by atoms with Gasteiger partial charge in [0.15, 0.2) is 0 Å². The quantitative estimate of drug-likeness (QED) is 0.370. The van der Waals surface area contributed by atoms with Crippen molar-refractivity contribution in [2.75, 3.05) is 6.61 Å². The molecule has 0 aromatic heterocycles. The third kappa shape index (κ3) is 9.34. The Bertz CT molecular complexity index is 845. The normalized spacial score (nSPS) is 14.8. The van der Waals surface area contributed by atoms with Crippen LogP contribution in [0, 0.1) is 11.8 Å². The van der Waals surface area contributed by atoms with E-state index < -0.39 is 24.1 Å². The molecular formula is C26H37N3O4. The Morgan fingerprint density at radius 1 is 0.939 bits per heavy atom. The van der Waals surface area contributed by atoms with Crippen molar-refractivity contribution in [1.82, 2.24) is 10.6 Å². The monoisotopic (exact) mass is 455 g/mol. The van der Waals surface area contributed by atoms with E-state index in [1.165, 1.54) is 0 Å². The van der Waals surface area contributed by atoms with Gasteiger partial charge < -0.3 is 26.2 Å². The molecule has 2 aromatic carbocycles. The zero-order valence-electron chi connectivity index (χ0n) is 19.7. The highest BCUT2D eigenvalue weighted by atomic mass is 16.5. The molecule has 0 aliphatic rings. The molecule has 0 aliphatic heterocycles. The smallest absolute Gasteiger partial charge is 0.243 e. The Balaban J connectivity index is 1.78. The first-order chi connectivity index (χ1) is 15.8. The molecule has 0 bridgehead atoms. The number of carbonyl (C=O) groups is 2. The fourth-order valence-corrected chi connectivity index (χ4v) is 3.37. The number of nitrogens with one attached hydrogen (secondary N) is 2. The van der Waals surface area contributed by atoms with Crippen LogP contribution in [-0.4, -0.2) is 41.7 Å². The summed E-state index contributed by atoms with van der Waals surface area (Å²) in [6.07, 6.45) is -0.719. The van der Waals surface area contributed by atoms with Crippen molar-refractivity contribution in [2.24, 2.45) is 17.6 Å². The lowest BCUT2D eigenvalue weighted by Gasteiger charge is -2.25. The summed E-state index contributed by atoms with van der Waals surface area (Å²) in [5, 5.41) is 16.1. The number of ether oxygens (including phenoxy) is 1. The molecule has 180 valence electrons. The molecule has 7 nitrogen and oxygen atoms in total. The molecule has 2 aromatic rings. The zero-order valence-corrected chi connectivity index (χ0v) is 19.7. The zero-order chi connectivity index (χ0) is 24.2. The highest BCUT2D eigenvalue weighted by Gasteiger charge is 2.28. The van der Waals surface area contributed by atoms with Crippen molar-refractivity contribution in [3.05, 3.63) is 71.8 Å². The van der Waals surface area contributed by atoms with E-state index in [0.29, 0.717) is 13.2 Å². The highest BCUT2D eigenvalue weighted by molar-refractivity contribution is 5.88. The van der Waals surface area contributed by atoms with Crippen molar-refractivity contribution in [1.29, 1.82) is 0 Å². The van der Waals surface area contributed by atoms with E-state index in [-0.39, 0.29) is 30.8 Å². The van der Waals surface area contributed by atoms with Crippen LogP contribution in [-0.2, 0) is 27.5 Å². The lowest BCUT2D eigenvalue weighted by molar-refractivity contribution is -0.132. The molecule has 33 heavy (non-hydrogen) atoms. The number of benzene rings is 2. The van der Waals surface area contributed by atoms with Crippen molar-refractivity contribution in [3.63, 3.8) is 0 Å². The summed E-state index contributed by atoms with van der Waals surface area (Å²) in [5.41, 5.74) is 8.06. The predicted molar refractivity (Wildman–Crippen MR) is 129 cm³/mol. The second kappa shape index (κ2) is 13.7. The molecule has 2 rings (SSSR count). The maximum absolute atomic E-state index is 12.7. The molecule has 0 radical (unpaired) electrons. The van der Waals surface area contributed by atoms with Crippen LogP contribution in [0.25, 0.3) is 0 Å². The van der Waals surface area contributed by atoms with Gasteiger partial charge in [0.25, 0.3) is 0 Å². The summed E-state index contributed by atoms with van der Waals surface area (Å²) in [6, 6.07) is 18.0. The van der Waals surface area contributed by atoms with Crippen molar-refractivity contribution < 1.29 is 19.4 Å². The van der Waals surface area contributed by atoms with E-state index in [0.717, 1.165) is 11.1 Å². The number of carbonyl (C=O) groups excluding carboxylic acids is 2. The topological polar surface area (TPSA) is 114 Å². The fourth-order valence-electron chi connectivity index (χ4n) is 3.37. The van der Waals surface area contributed by atoms with Gasteiger partial charge in [-0.1, -0.05) is 81.4 Å². The maximum Gasteiger partial charge on any atom is 0.243 e. The minimum atomic E-state index is -0.897. The van der Waals surface area contributed by atoms with Crippen molar-refractivity contribution >= 4 is 11.8 Å². The van der Waals surface area contributed by atoms with E-state index >= 15 is 0 Å². The van der Waals surface area contributed by atoms with Crippen LogP contribution in [0.4, 0.5) is 0 Å². The van der Waals surface area contributed by atoms with Crippen molar-refractivity contribution in [2.45, 2.75) is 58.5 Å². The van der Waals surface area contributed by atoms with Crippen LogP contribution in [0.15, 0.2) is 60.7 Å². The van der Waals surface area contributed by atoms with Gasteiger partial charge in [-0.25, -0.2) is 0 Å². The first kappa shape index (κ1) is 26.5. The van der Waals surface area contributed by atoms with E-state index in [4.69, 9.17) is 10.5 Å². The number of aliphatic hydroxyl groups is 1. The van der Waals surface area contributed by atoms with Gasteiger partial charge in [-0.3, -0.25) is 9.59 Å². The lowest BCUT2D eigenvalue weighted by atomic mass is 9.96. The van der Waals surface area contributed by atoms with Crippen LogP contribution in [0.1, 0.15) is 38.3 Å². The summed E-state index contributed by atoms with van der Waals surface area (Å²) >= 11 is 0. The fraction of sp³-hybridized carbons (Fsp3) is 0.462. The van der Waals surface area contributed by atoms with Gasteiger partial charge in [0.05, 0.1) is 25.4 Å². The van der Waals surface area contributed by atoms with E-state index in [1.54, 1.807) is 6.92 Å². The summed E-state index contributed by atoms with van der Waals surface area (Å²) in [5.74, 6) is -1.13. The molecule has 7 heteroatoms. The number of nitrogens with two attached hydrogens (primary N) is 1. The summed E-state index contributed by atoms with van der Waals surface area (Å²) < 4.78 is 5.60. The van der Waals surface area contributed by atoms with Crippen LogP contribution in [0.2, 0.25) is 0 Å². The van der Waals surface area contributed by atoms with Crippen LogP contribution in [0.3, 0.4) is 0 Å². The van der Waals surface area contributed by atoms with Gasteiger partial charge >= 0.3 is 0 Å². The Kier molecular flexibility index (Phi) is 11.0. The van der Waals surface area contributed by atoms with Gasteiger partial charge in [-0.15, -0.1) is 0 Å². The van der Waals surface area contributed by atoms with Gasteiger partial charge in [0.1, 0.15) is 6.04 Å². The Morgan fingerprint density at radius 2 is 1.52 bits per heavy atom. The molecule has 0 unspecified atom stereocenters. The average molecular weight is 456 g/mol. The molecule has 0 fully saturated rings. The molecule has 0 saturated carbocycles. The number of hydrogen-bond acceptors (Lipinski definition) is 5. The predicted octanol–water partition coefficient (Wildman–Crippen LogP) is 2.37. The van der Waals surface area contributed by atoms with Gasteiger partial charge in [-0.05, 0) is 23.5 Å². The third-order valence-corrected chi connectivity index (χ3v) is 5.52. The maximum atomic E-state index is 12.7. The molecule has 4 atom stereocenters. The molecule has 2 amide bonds. The summed E-state index contributed by atoms with van der Waals surface area (Å²) in [4.78, 5) is 25.4. The molecule has 0 saturated heterocycles. The van der Waals surface area contributed by atoms with Crippen LogP contribution < -0.4 is 16.4 Å². The number of hydrogen-bond donors (Lipinski definition) is 4. The van der Waals surface area contributed by atoms with Crippen LogP contribution >= 0.6 is 0 Å². The Hall–Kier alpha value is -2.74. The molecule has 0 heterocycles. The van der Waals surface area contributed by atoms with Gasteiger partial charge in [0, 0.05) is 12.5 Å². The lowest BCUT2D eigenvalue weighted by Crippen LogP contribution is -2.51. The number of aliphatic hydroxyl groups excluding tert-OH is 1. The largest absolute Gasteiger partial charge is 0.391 e. The second-order valence-electron chi connectivity index (χ2n) is 8.80. The summed E-state index contributed by atoms with van der Waals surface area (Å²) in [6.45, 7) is 6.46. The van der Waals surface area contributed by atoms with Crippen molar-refractivity contribution in [3.8, 4) is 0 Å². The third-order valence-electron chi connectivity index (χ3n) is 5.52. The van der Waals surface area contributed by atoms with E-state index in [2.05, 4.69) is 10.6 Å². The molecule has 0 aliphatic carbocycles. The van der Waals surface area contributed by atoms with Gasteiger partial charge in [-0.2, -0.15) is 0 Å². The Morgan fingerprint density at radius 3 is 2.09 bits per heavy atom. The molecule has 0 spiro atoms. The molecule has 5 N–H and O–H groups in total.